The van der Waals surface area contributed by atoms with E-state index in [1.165, 1.54) is 6.20 Å². The quantitative estimate of drug-likeness (QED) is 0.215. The van der Waals surface area contributed by atoms with Gasteiger partial charge in [-0.15, -0.1) is 0 Å². The van der Waals surface area contributed by atoms with Crippen LogP contribution in [0.15, 0.2) is 12.8 Å². The van der Waals surface area contributed by atoms with Crippen LogP contribution in [0.2, 0.25) is 0 Å². The molecule has 6 nitrogen and oxygen atoms in total. The first-order valence-corrected chi connectivity index (χ1v) is 4.25. The molecule has 0 saturated heterocycles. The second kappa shape index (κ2) is 6.76. The minimum atomic E-state index is -0.910. The number of guanidine groups is 1. The van der Waals surface area contributed by atoms with Crippen LogP contribution in [0.1, 0.15) is 12.8 Å². The topological polar surface area (TPSA) is 111 Å². The third kappa shape index (κ3) is 5.87. The first-order chi connectivity index (χ1) is 6.57. The molecule has 0 amide bonds. The van der Waals surface area contributed by atoms with E-state index >= 15 is 0 Å². The van der Waals surface area contributed by atoms with Gasteiger partial charge in [-0.2, -0.15) is 0 Å². The van der Waals surface area contributed by atoms with Gasteiger partial charge < -0.3 is 21.5 Å². The summed E-state index contributed by atoms with van der Waals surface area (Å²) in [6.07, 6.45) is 2.44. The molecule has 0 radical (unpaired) electrons. The van der Waals surface area contributed by atoms with Gasteiger partial charge in [0.2, 0.25) is 0 Å². The number of hydrogen-bond acceptors (Lipinski definition) is 3. The molecule has 6 heteroatoms. The van der Waals surface area contributed by atoms with Crippen LogP contribution < -0.4 is 16.4 Å². The summed E-state index contributed by atoms with van der Waals surface area (Å²) in [6, 6.07) is -0.624. The van der Waals surface area contributed by atoms with Gasteiger partial charge in [-0.05, 0) is 19.0 Å². The van der Waals surface area contributed by atoms with Crippen molar-refractivity contribution in [2.75, 3.05) is 6.54 Å². The molecule has 0 aromatic rings. The van der Waals surface area contributed by atoms with Gasteiger partial charge in [0.1, 0.15) is 6.04 Å². The lowest BCUT2D eigenvalue weighted by atomic mass is 10.1. The summed E-state index contributed by atoms with van der Waals surface area (Å²) in [5, 5.41) is 20.8. The van der Waals surface area contributed by atoms with Gasteiger partial charge in [-0.25, -0.2) is 4.79 Å². The second-order valence-corrected chi connectivity index (χ2v) is 2.74. The Kier molecular flexibility index (Phi) is 5.93. The molecule has 0 fully saturated rings. The Morgan fingerprint density at radius 2 is 2.36 bits per heavy atom. The van der Waals surface area contributed by atoms with E-state index in [1.807, 2.05) is 0 Å². The fourth-order valence-electron chi connectivity index (χ4n) is 0.950. The van der Waals surface area contributed by atoms with Gasteiger partial charge in [-0.3, -0.25) is 5.41 Å². The van der Waals surface area contributed by atoms with E-state index in [2.05, 4.69) is 17.2 Å². The number of carboxylic acids is 1. The van der Waals surface area contributed by atoms with E-state index in [0.717, 1.165) is 0 Å². The fraction of sp³-hybridized carbons (Fsp3) is 0.500. The van der Waals surface area contributed by atoms with E-state index in [0.29, 0.717) is 19.4 Å². The molecule has 0 rings (SSSR count). The highest BCUT2D eigenvalue weighted by atomic mass is 16.4. The van der Waals surface area contributed by atoms with Crippen LogP contribution in [0.25, 0.3) is 0 Å². The van der Waals surface area contributed by atoms with Crippen LogP contribution in [0.4, 0.5) is 0 Å². The lowest BCUT2D eigenvalue weighted by Gasteiger charge is -2.12. The van der Waals surface area contributed by atoms with Gasteiger partial charge in [0.05, 0.1) is 0 Å². The number of hydrogen-bond donors (Lipinski definition) is 5. The number of carbonyl (C=O) groups is 1. The number of aliphatic carboxylic acids is 1. The molecule has 0 spiro atoms. The predicted octanol–water partition coefficient (Wildman–Crippen LogP) is -0.564. The molecule has 14 heavy (non-hydrogen) atoms. The van der Waals surface area contributed by atoms with E-state index in [4.69, 9.17) is 16.2 Å². The molecule has 0 heterocycles. The van der Waals surface area contributed by atoms with Crippen molar-refractivity contribution >= 4 is 11.9 Å². The van der Waals surface area contributed by atoms with E-state index in [-0.39, 0.29) is 5.96 Å². The SMILES string of the molecule is C=CNC(CCCNC(=N)N)C(=O)O. The van der Waals surface area contributed by atoms with E-state index in [9.17, 15) is 4.79 Å². The molecule has 6 N–H and O–H groups in total. The predicted molar refractivity (Wildman–Crippen MR) is 53.9 cm³/mol. The third-order valence-electron chi connectivity index (χ3n) is 1.60. The standard InChI is InChI=1S/C8H16N4O2/c1-2-11-6(7(13)14)4-3-5-12-8(9)10/h2,6,11H,1,3-5H2,(H,13,14)(H4,9,10,12). The van der Waals surface area contributed by atoms with Gasteiger partial charge >= 0.3 is 5.97 Å². The summed E-state index contributed by atoms with van der Waals surface area (Å²) in [4.78, 5) is 10.6. The maximum atomic E-state index is 10.6. The van der Waals surface area contributed by atoms with Gasteiger partial charge in [0.15, 0.2) is 5.96 Å². The zero-order valence-corrected chi connectivity index (χ0v) is 7.92. The molecule has 0 aliphatic rings. The summed E-state index contributed by atoms with van der Waals surface area (Å²) < 4.78 is 0. The Labute approximate surface area is 82.7 Å². The highest BCUT2D eigenvalue weighted by Gasteiger charge is 2.13. The third-order valence-corrected chi connectivity index (χ3v) is 1.60. The fourth-order valence-corrected chi connectivity index (χ4v) is 0.950. The zero-order valence-electron chi connectivity index (χ0n) is 7.92. The minimum Gasteiger partial charge on any atom is -0.480 e. The van der Waals surface area contributed by atoms with Crippen LogP contribution in [-0.2, 0) is 4.79 Å². The lowest BCUT2D eigenvalue weighted by Crippen LogP contribution is -2.35. The number of rotatable bonds is 7. The van der Waals surface area contributed by atoms with Gasteiger partial charge in [0.25, 0.3) is 0 Å². The minimum absolute atomic E-state index is 0.103. The molecule has 0 saturated carbocycles. The van der Waals surface area contributed by atoms with E-state index < -0.39 is 12.0 Å². The highest BCUT2D eigenvalue weighted by molar-refractivity contribution is 5.74. The molecule has 80 valence electrons. The Bertz CT molecular complexity index is 217. The van der Waals surface area contributed by atoms with Crippen molar-refractivity contribution in [2.24, 2.45) is 5.73 Å². The number of carboxylic acid groups (broad SMARTS) is 1. The summed E-state index contributed by atoms with van der Waals surface area (Å²) in [5.74, 6) is -1.01. The molecular formula is C8H16N4O2. The molecule has 1 unspecified atom stereocenters. The normalized spacial score (nSPS) is 11.4. The Hall–Kier alpha value is -1.72. The Morgan fingerprint density at radius 1 is 1.71 bits per heavy atom. The van der Waals surface area contributed by atoms with Crippen LogP contribution in [-0.4, -0.2) is 29.6 Å². The lowest BCUT2D eigenvalue weighted by molar-refractivity contribution is -0.139. The maximum Gasteiger partial charge on any atom is 0.326 e. The smallest absolute Gasteiger partial charge is 0.326 e. The van der Waals surface area contributed by atoms with Gasteiger partial charge in [-0.1, -0.05) is 6.58 Å². The maximum absolute atomic E-state index is 10.6. The van der Waals surface area contributed by atoms with Crippen LogP contribution in [0.3, 0.4) is 0 Å². The summed E-state index contributed by atoms with van der Waals surface area (Å²) in [7, 11) is 0. The molecule has 1 atom stereocenters. The van der Waals surface area contributed by atoms with E-state index in [1.54, 1.807) is 0 Å². The van der Waals surface area contributed by atoms with Gasteiger partial charge in [0, 0.05) is 6.54 Å². The van der Waals surface area contributed by atoms with Crippen LogP contribution in [0.5, 0.6) is 0 Å². The van der Waals surface area contributed by atoms with Crippen molar-refractivity contribution in [2.45, 2.75) is 18.9 Å². The zero-order chi connectivity index (χ0) is 11.0. The average Bonchev–Trinajstić information content (AvgIpc) is 2.09. The van der Waals surface area contributed by atoms with Crippen LogP contribution >= 0.6 is 0 Å². The van der Waals surface area contributed by atoms with Crippen LogP contribution in [0, 0.1) is 5.41 Å². The molecule has 0 aliphatic heterocycles. The first-order valence-electron chi connectivity index (χ1n) is 4.25. The van der Waals surface area contributed by atoms with Crippen molar-refractivity contribution in [3.8, 4) is 0 Å². The molecule has 0 aromatic carbocycles. The van der Waals surface area contributed by atoms with Crippen molar-refractivity contribution < 1.29 is 9.90 Å². The largest absolute Gasteiger partial charge is 0.480 e. The monoisotopic (exact) mass is 200 g/mol. The average molecular weight is 200 g/mol. The summed E-state index contributed by atoms with van der Waals surface area (Å²) >= 11 is 0. The van der Waals surface area contributed by atoms with Crippen molar-refractivity contribution in [3.63, 3.8) is 0 Å². The Morgan fingerprint density at radius 3 is 2.79 bits per heavy atom. The first kappa shape index (κ1) is 12.3. The summed E-state index contributed by atoms with van der Waals surface area (Å²) in [5.41, 5.74) is 5.05. The molecule has 0 bridgehead atoms. The number of nitrogens with two attached hydrogens (primary N) is 1. The van der Waals surface area contributed by atoms with Crippen molar-refractivity contribution in [3.05, 3.63) is 12.8 Å². The van der Waals surface area contributed by atoms with Crippen molar-refractivity contribution in [1.29, 1.82) is 5.41 Å². The second-order valence-electron chi connectivity index (χ2n) is 2.74. The number of nitrogens with one attached hydrogen (secondary N) is 3. The Balaban J connectivity index is 3.66. The van der Waals surface area contributed by atoms with Crippen molar-refractivity contribution in [1.82, 2.24) is 10.6 Å². The highest BCUT2D eigenvalue weighted by Crippen LogP contribution is 1.96. The molecule has 0 aliphatic carbocycles. The molecule has 0 aromatic heterocycles. The molecular weight excluding hydrogens is 184 g/mol. The summed E-state index contributed by atoms with van der Waals surface area (Å²) in [6.45, 7) is 3.89.